The van der Waals surface area contributed by atoms with Gasteiger partial charge in [0.1, 0.15) is 16.9 Å². The van der Waals surface area contributed by atoms with Crippen LogP contribution >= 0.6 is 34.0 Å². The van der Waals surface area contributed by atoms with Gasteiger partial charge in [0.15, 0.2) is 0 Å². The quantitative estimate of drug-likeness (QED) is 0.362. The Morgan fingerprint density at radius 1 is 1.15 bits per heavy atom. The Hall–Kier alpha value is -2.09. The molecule has 26 heavy (non-hydrogen) atoms. The molecule has 0 aliphatic heterocycles. The molecule has 0 saturated heterocycles. The Bertz CT molecular complexity index is 1310. The summed E-state index contributed by atoms with van der Waals surface area (Å²) in [6.45, 7) is 2.05. The number of benzene rings is 1. The van der Waals surface area contributed by atoms with E-state index >= 15 is 0 Å². The Kier molecular flexibility index (Phi) is 3.15. The summed E-state index contributed by atoms with van der Waals surface area (Å²) < 4.78 is 8.75. The lowest BCUT2D eigenvalue weighted by atomic mass is 10.2. The number of ether oxygens (including phenoxy) is 1. The molecule has 1 aliphatic carbocycles. The van der Waals surface area contributed by atoms with Crippen molar-refractivity contribution in [3.63, 3.8) is 0 Å². The van der Waals surface area contributed by atoms with Crippen LogP contribution in [0.3, 0.4) is 0 Å². The summed E-state index contributed by atoms with van der Waals surface area (Å²) in [5, 5.41) is 5.39. The van der Waals surface area contributed by atoms with E-state index in [0.29, 0.717) is 5.88 Å². The van der Waals surface area contributed by atoms with Gasteiger partial charge < -0.3 is 4.74 Å². The molecule has 0 fully saturated rings. The summed E-state index contributed by atoms with van der Waals surface area (Å²) in [6, 6.07) is 4.22. The minimum Gasteiger partial charge on any atom is -0.437 e. The van der Waals surface area contributed by atoms with Gasteiger partial charge in [-0.3, -0.25) is 0 Å². The number of nitrogens with zero attached hydrogens (tertiary/aromatic N) is 3. The molecule has 0 saturated carbocycles. The standard InChI is InChI=1S/C19H13N3OS3/c1-9-22-16-14(25-9)7-12(10-5-6-24-17(10)16)23-18-15-11-3-2-4-13(11)26-19(15)21-8-20-18/h5-8H,2-4H2,1H3. The summed E-state index contributed by atoms with van der Waals surface area (Å²) in [6.07, 6.45) is 5.08. The highest BCUT2D eigenvalue weighted by Gasteiger charge is 2.23. The first-order chi connectivity index (χ1) is 12.8. The molecule has 128 valence electrons. The third-order valence-corrected chi connectivity index (χ3v) is 7.88. The average Bonchev–Trinajstić information content (AvgIpc) is 3.36. The van der Waals surface area contributed by atoms with E-state index in [0.717, 1.165) is 49.4 Å². The van der Waals surface area contributed by atoms with Gasteiger partial charge in [0, 0.05) is 16.3 Å². The predicted octanol–water partition coefficient (Wildman–Crippen LogP) is 6.11. The number of hydrogen-bond acceptors (Lipinski definition) is 7. The van der Waals surface area contributed by atoms with Gasteiger partial charge in [0.2, 0.25) is 5.88 Å². The predicted molar refractivity (Wildman–Crippen MR) is 109 cm³/mol. The molecular weight excluding hydrogens is 382 g/mol. The molecule has 4 aromatic heterocycles. The van der Waals surface area contributed by atoms with E-state index in [9.17, 15) is 0 Å². The zero-order valence-corrected chi connectivity index (χ0v) is 16.4. The van der Waals surface area contributed by atoms with Gasteiger partial charge in [-0.05, 0) is 43.2 Å². The Balaban J connectivity index is 1.58. The van der Waals surface area contributed by atoms with Crippen molar-refractivity contribution in [1.82, 2.24) is 15.0 Å². The van der Waals surface area contributed by atoms with Crippen molar-refractivity contribution in [2.45, 2.75) is 26.2 Å². The smallest absolute Gasteiger partial charge is 0.231 e. The third-order valence-electron chi connectivity index (χ3n) is 4.84. The van der Waals surface area contributed by atoms with E-state index < -0.39 is 0 Å². The van der Waals surface area contributed by atoms with E-state index in [4.69, 9.17) is 9.72 Å². The minimum absolute atomic E-state index is 0.683. The molecule has 0 N–H and O–H groups in total. The highest BCUT2D eigenvalue weighted by Crippen LogP contribution is 2.44. The summed E-state index contributed by atoms with van der Waals surface area (Å²) in [5.41, 5.74) is 2.46. The molecule has 0 atom stereocenters. The Morgan fingerprint density at radius 2 is 2.12 bits per heavy atom. The van der Waals surface area contributed by atoms with E-state index in [-0.39, 0.29) is 0 Å². The molecule has 5 aromatic rings. The first-order valence-corrected chi connectivity index (χ1v) is 11.0. The molecule has 0 bridgehead atoms. The molecule has 0 amide bonds. The Morgan fingerprint density at radius 3 is 3.08 bits per heavy atom. The van der Waals surface area contributed by atoms with Crippen LogP contribution in [0.2, 0.25) is 0 Å². The van der Waals surface area contributed by atoms with Crippen molar-refractivity contribution in [1.29, 1.82) is 0 Å². The summed E-state index contributed by atoms with van der Waals surface area (Å²) in [7, 11) is 0. The summed E-state index contributed by atoms with van der Waals surface area (Å²) in [4.78, 5) is 16.1. The summed E-state index contributed by atoms with van der Waals surface area (Å²) in [5.74, 6) is 1.54. The van der Waals surface area contributed by atoms with Gasteiger partial charge in [-0.2, -0.15) is 0 Å². The van der Waals surface area contributed by atoms with Gasteiger partial charge in [-0.1, -0.05) is 0 Å². The van der Waals surface area contributed by atoms with Crippen molar-refractivity contribution in [3.05, 3.63) is 39.3 Å². The van der Waals surface area contributed by atoms with Gasteiger partial charge in [-0.15, -0.1) is 34.0 Å². The van der Waals surface area contributed by atoms with Crippen LogP contribution in [0.4, 0.5) is 0 Å². The largest absolute Gasteiger partial charge is 0.437 e. The minimum atomic E-state index is 0.683. The molecule has 7 heteroatoms. The molecule has 6 rings (SSSR count). The second kappa shape index (κ2) is 5.45. The lowest BCUT2D eigenvalue weighted by Gasteiger charge is -2.08. The maximum Gasteiger partial charge on any atom is 0.231 e. The molecule has 0 spiro atoms. The zero-order valence-electron chi connectivity index (χ0n) is 13.9. The van der Waals surface area contributed by atoms with Crippen molar-refractivity contribution >= 4 is 64.5 Å². The van der Waals surface area contributed by atoms with Gasteiger partial charge >= 0.3 is 0 Å². The number of rotatable bonds is 2. The van der Waals surface area contributed by atoms with Crippen LogP contribution in [0, 0.1) is 6.92 Å². The normalized spacial score (nSPS) is 13.9. The van der Waals surface area contributed by atoms with E-state index in [1.54, 1.807) is 40.3 Å². The van der Waals surface area contributed by atoms with Gasteiger partial charge in [0.05, 0.1) is 25.3 Å². The number of thiophene rings is 2. The van der Waals surface area contributed by atoms with Crippen LogP contribution in [0.15, 0.2) is 23.8 Å². The molecule has 0 unspecified atom stereocenters. The lowest BCUT2D eigenvalue weighted by molar-refractivity contribution is 0.474. The lowest BCUT2D eigenvalue weighted by Crippen LogP contribution is -1.92. The van der Waals surface area contributed by atoms with Crippen LogP contribution in [0.1, 0.15) is 21.9 Å². The van der Waals surface area contributed by atoms with Crippen LogP contribution in [0.5, 0.6) is 11.6 Å². The monoisotopic (exact) mass is 395 g/mol. The van der Waals surface area contributed by atoms with Crippen LogP contribution in [-0.4, -0.2) is 15.0 Å². The number of hydrogen-bond donors (Lipinski definition) is 0. The number of fused-ring (bicyclic) bond motifs is 6. The second-order valence-corrected chi connectivity index (χ2v) is 9.67. The van der Waals surface area contributed by atoms with E-state index in [2.05, 4.69) is 27.5 Å². The van der Waals surface area contributed by atoms with Crippen LogP contribution < -0.4 is 4.74 Å². The molecule has 1 aliphatic rings. The highest BCUT2D eigenvalue weighted by molar-refractivity contribution is 7.21. The number of aromatic nitrogens is 3. The first kappa shape index (κ1) is 15.0. The highest BCUT2D eigenvalue weighted by atomic mass is 32.1. The van der Waals surface area contributed by atoms with Crippen LogP contribution in [-0.2, 0) is 12.8 Å². The third kappa shape index (κ3) is 2.08. The number of aryl methyl sites for hydroxylation is 3. The van der Waals surface area contributed by atoms with Crippen molar-refractivity contribution in [2.75, 3.05) is 0 Å². The van der Waals surface area contributed by atoms with E-state index in [1.165, 1.54) is 21.6 Å². The van der Waals surface area contributed by atoms with Gasteiger partial charge in [-0.25, -0.2) is 15.0 Å². The topological polar surface area (TPSA) is 47.9 Å². The second-order valence-electron chi connectivity index (χ2n) is 6.44. The maximum absolute atomic E-state index is 6.41. The summed E-state index contributed by atoms with van der Waals surface area (Å²) >= 11 is 5.20. The maximum atomic E-state index is 6.41. The SMILES string of the molecule is Cc1nc2c(cc(Oc3ncnc4sc5c(c34)CCC5)c3ccsc32)s1. The molecule has 0 radical (unpaired) electrons. The van der Waals surface area contributed by atoms with Crippen molar-refractivity contribution in [3.8, 4) is 11.6 Å². The molecular formula is C19H13N3OS3. The fourth-order valence-corrected chi connectivity index (χ4v) is 6.81. The Labute approximate surface area is 161 Å². The van der Waals surface area contributed by atoms with Crippen LogP contribution in [0.25, 0.3) is 30.5 Å². The van der Waals surface area contributed by atoms with Crippen molar-refractivity contribution in [2.24, 2.45) is 0 Å². The molecule has 4 heterocycles. The first-order valence-electron chi connectivity index (χ1n) is 8.48. The average molecular weight is 396 g/mol. The van der Waals surface area contributed by atoms with Gasteiger partial charge in [0.25, 0.3) is 0 Å². The van der Waals surface area contributed by atoms with E-state index in [1.807, 2.05) is 6.92 Å². The molecule has 4 nitrogen and oxygen atoms in total. The number of thiazole rings is 1. The fourth-order valence-electron chi connectivity index (χ4n) is 3.75. The molecule has 1 aromatic carbocycles. The fraction of sp³-hybridized carbons (Fsp3) is 0.211. The van der Waals surface area contributed by atoms with Crippen molar-refractivity contribution < 1.29 is 4.74 Å². The zero-order chi connectivity index (χ0) is 17.3.